The molecule has 3 rings (SSSR count). The molecule has 18 heavy (non-hydrogen) atoms. The van der Waals surface area contributed by atoms with Gasteiger partial charge in [0.05, 0.1) is 10.2 Å². The smallest absolute Gasteiger partial charge is 0.184 e. The normalized spacial score (nSPS) is 23.6. The standard InChI is InChI=1S/C14H18N2S2/c1-2-17-12-9-5-7-10(12)15-14-16-11-6-3-4-8-13(11)18-14/h3-4,6,8,10,12H,2,5,7,9H2,1H3,(H,15,16). The van der Waals surface area contributed by atoms with Gasteiger partial charge in [-0.25, -0.2) is 4.98 Å². The van der Waals surface area contributed by atoms with E-state index in [4.69, 9.17) is 0 Å². The number of benzene rings is 1. The van der Waals surface area contributed by atoms with Crippen molar-refractivity contribution in [1.29, 1.82) is 0 Å². The number of aromatic nitrogens is 1. The number of fused-ring (bicyclic) bond motifs is 1. The number of para-hydroxylation sites is 1. The summed E-state index contributed by atoms with van der Waals surface area (Å²) in [7, 11) is 0. The summed E-state index contributed by atoms with van der Waals surface area (Å²) in [6, 6.07) is 8.97. The van der Waals surface area contributed by atoms with Gasteiger partial charge >= 0.3 is 0 Å². The zero-order valence-electron chi connectivity index (χ0n) is 10.6. The van der Waals surface area contributed by atoms with Crippen LogP contribution in [-0.4, -0.2) is 22.0 Å². The van der Waals surface area contributed by atoms with Gasteiger partial charge in [-0.15, -0.1) is 0 Å². The summed E-state index contributed by atoms with van der Waals surface area (Å²) in [5.74, 6) is 1.21. The first kappa shape index (κ1) is 12.3. The van der Waals surface area contributed by atoms with Gasteiger partial charge < -0.3 is 5.32 Å². The van der Waals surface area contributed by atoms with Gasteiger partial charge in [-0.1, -0.05) is 36.8 Å². The van der Waals surface area contributed by atoms with E-state index in [9.17, 15) is 0 Å². The summed E-state index contributed by atoms with van der Waals surface area (Å²) in [6.07, 6.45) is 3.98. The zero-order chi connectivity index (χ0) is 12.4. The molecule has 1 aliphatic rings. The highest BCUT2D eigenvalue weighted by Crippen LogP contribution is 2.34. The highest BCUT2D eigenvalue weighted by Gasteiger charge is 2.27. The van der Waals surface area contributed by atoms with E-state index in [2.05, 4.69) is 53.3 Å². The fourth-order valence-electron chi connectivity index (χ4n) is 2.60. The third-order valence-electron chi connectivity index (χ3n) is 3.44. The number of thioether (sulfide) groups is 1. The molecule has 1 N–H and O–H groups in total. The van der Waals surface area contributed by atoms with Crippen molar-refractivity contribution in [2.75, 3.05) is 11.1 Å². The summed E-state index contributed by atoms with van der Waals surface area (Å²) in [5, 5.41) is 5.51. The molecule has 0 spiro atoms. The molecule has 2 atom stereocenters. The van der Waals surface area contributed by atoms with Gasteiger partial charge in [0.25, 0.3) is 0 Å². The van der Waals surface area contributed by atoms with Crippen LogP contribution < -0.4 is 5.32 Å². The Bertz CT molecular complexity index is 490. The van der Waals surface area contributed by atoms with Crippen molar-refractivity contribution in [3.8, 4) is 0 Å². The van der Waals surface area contributed by atoms with E-state index in [0.717, 1.165) is 15.9 Å². The van der Waals surface area contributed by atoms with Gasteiger partial charge in [-0.3, -0.25) is 0 Å². The number of nitrogens with one attached hydrogen (secondary N) is 1. The number of rotatable bonds is 4. The molecule has 2 unspecified atom stereocenters. The summed E-state index contributed by atoms with van der Waals surface area (Å²) in [6.45, 7) is 2.25. The van der Waals surface area contributed by atoms with Crippen LogP contribution in [0.4, 0.5) is 5.13 Å². The van der Waals surface area contributed by atoms with Crippen LogP contribution in [0.25, 0.3) is 10.2 Å². The molecule has 2 nitrogen and oxygen atoms in total. The van der Waals surface area contributed by atoms with Gasteiger partial charge in [0.15, 0.2) is 5.13 Å². The lowest BCUT2D eigenvalue weighted by molar-refractivity contribution is 0.767. The Morgan fingerprint density at radius 3 is 3.11 bits per heavy atom. The largest absolute Gasteiger partial charge is 0.358 e. The van der Waals surface area contributed by atoms with Gasteiger partial charge in [-0.05, 0) is 30.7 Å². The fraction of sp³-hybridized carbons (Fsp3) is 0.500. The van der Waals surface area contributed by atoms with Crippen LogP contribution in [0.1, 0.15) is 26.2 Å². The van der Waals surface area contributed by atoms with Crippen LogP contribution >= 0.6 is 23.1 Å². The Morgan fingerprint density at radius 1 is 1.39 bits per heavy atom. The van der Waals surface area contributed by atoms with Crippen molar-refractivity contribution in [2.24, 2.45) is 0 Å². The second kappa shape index (κ2) is 5.49. The van der Waals surface area contributed by atoms with Crippen molar-refractivity contribution < 1.29 is 0 Å². The lowest BCUT2D eigenvalue weighted by Crippen LogP contribution is -2.26. The number of thiazole rings is 1. The van der Waals surface area contributed by atoms with Gasteiger partial charge in [0.1, 0.15) is 0 Å². The minimum absolute atomic E-state index is 0.607. The van der Waals surface area contributed by atoms with Crippen molar-refractivity contribution in [2.45, 2.75) is 37.5 Å². The van der Waals surface area contributed by atoms with Crippen LogP contribution in [0.3, 0.4) is 0 Å². The summed E-state index contributed by atoms with van der Waals surface area (Å²) < 4.78 is 1.28. The molecule has 1 aromatic carbocycles. The maximum absolute atomic E-state index is 4.67. The average molecular weight is 278 g/mol. The molecule has 1 fully saturated rings. The zero-order valence-corrected chi connectivity index (χ0v) is 12.2. The molecule has 0 amide bonds. The molecule has 0 saturated heterocycles. The molecule has 1 saturated carbocycles. The lowest BCUT2D eigenvalue weighted by Gasteiger charge is -2.19. The molecule has 0 bridgehead atoms. The quantitative estimate of drug-likeness (QED) is 0.898. The summed E-state index contributed by atoms with van der Waals surface area (Å²) in [5.41, 5.74) is 1.11. The molecule has 1 aliphatic carbocycles. The van der Waals surface area contributed by atoms with Crippen molar-refractivity contribution >= 4 is 38.4 Å². The van der Waals surface area contributed by atoms with E-state index in [-0.39, 0.29) is 0 Å². The number of hydrogen-bond donors (Lipinski definition) is 1. The van der Waals surface area contributed by atoms with Crippen molar-refractivity contribution in [1.82, 2.24) is 4.98 Å². The monoisotopic (exact) mass is 278 g/mol. The van der Waals surface area contributed by atoms with Crippen LogP contribution in [0.2, 0.25) is 0 Å². The first-order valence-corrected chi connectivity index (χ1v) is 8.47. The third-order valence-corrected chi connectivity index (χ3v) is 5.73. The number of anilines is 1. The van der Waals surface area contributed by atoms with Crippen LogP contribution in [0.15, 0.2) is 24.3 Å². The van der Waals surface area contributed by atoms with Crippen LogP contribution in [-0.2, 0) is 0 Å². The molecule has 96 valence electrons. The minimum atomic E-state index is 0.607. The van der Waals surface area contributed by atoms with E-state index >= 15 is 0 Å². The third kappa shape index (κ3) is 2.50. The van der Waals surface area contributed by atoms with E-state index in [1.54, 1.807) is 11.3 Å². The Labute approximate surface area is 116 Å². The molecular formula is C14H18N2S2. The Balaban J connectivity index is 1.75. The van der Waals surface area contributed by atoms with Crippen molar-refractivity contribution in [3.63, 3.8) is 0 Å². The van der Waals surface area contributed by atoms with Gasteiger partial charge in [0.2, 0.25) is 0 Å². The van der Waals surface area contributed by atoms with Crippen molar-refractivity contribution in [3.05, 3.63) is 24.3 Å². The molecule has 1 heterocycles. The first-order valence-electron chi connectivity index (χ1n) is 6.60. The maximum atomic E-state index is 4.67. The van der Waals surface area contributed by atoms with Crippen LogP contribution in [0.5, 0.6) is 0 Å². The summed E-state index contributed by atoms with van der Waals surface area (Å²) >= 11 is 3.86. The molecule has 4 heteroatoms. The molecule has 0 radical (unpaired) electrons. The Morgan fingerprint density at radius 2 is 2.28 bits per heavy atom. The topological polar surface area (TPSA) is 24.9 Å². The highest BCUT2D eigenvalue weighted by molar-refractivity contribution is 7.99. The first-order chi connectivity index (χ1) is 8.86. The molecule has 0 aliphatic heterocycles. The van der Waals surface area contributed by atoms with E-state index in [1.807, 2.05) is 0 Å². The SMILES string of the molecule is CCSC1CCCC1Nc1nc2ccccc2s1. The molecule has 2 aromatic rings. The number of nitrogens with zero attached hydrogens (tertiary/aromatic N) is 1. The van der Waals surface area contributed by atoms with E-state index in [0.29, 0.717) is 6.04 Å². The summed E-state index contributed by atoms with van der Waals surface area (Å²) in [4.78, 5) is 4.67. The second-order valence-corrected chi connectivity index (χ2v) is 7.21. The second-order valence-electron chi connectivity index (χ2n) is 4.66. The van der Waals surface area contributed by atoms with Gasteiger partial charge in [-0.2, -0.15) is 11.8 Å². The molecule has 1 aromatic heterocycles. The maximum Gasteiger partial charge on any atom is 0.184 e. The van der Waals surface area contributed by atoms with E-state index < -0.39 is 0 Å². The number of hydrogen-bond acceptors (Lipinski definition) is 4. The van der Waals surface area contributed by atoms with Crippen LogP contribution in [0, 0.1) is 0 Å². The molecular weight excluding hydrogens is 260 g/mol. The van der Waals surface area contributed by atoms with Gasteiger partial charge in [0, 0.05) is 11.3 Å². The average Bonchev–Trinajstić information content (AvgIpc) is 2.97. The lowest BCUT2D eigenvalue weighted by atomic mass is 10.2. The highest BCUT2D eigenvalue weighted by atomic mass is 32.2. The minimum Gasteiger partial charge on any atom is -0.358 e. The predicted octanol–water partition coefficient (Wildman–Crippen LogP) is 4.38. The Hall–Kier alpha value is -0.740. The predicted molar refractivity (Wildman–Crippen MR) is 82.8 cm³/mol. The Kier molecular flexibility index (Phi) is 3.75. The fourth-order valence-corrected chi connectivity index (χ4v) is 4.72. The van der Waals surface area contributed by atoms with E-state index in [1.165, 1.54) is 29.7 Å².